The van der Waals surface area contributed by atoms with Crippen molar-refractivity contribution in [3.05, 3.63) is 47.0 Å². The lowest BCUT2D eigenvalue weighted by Gasteiger charge is -2.02. The van der Waals surface area contributed by atoms with E-state index in [1.165, 1.54) is 40.0 Å². The van der Waals surface area contributed by atoms with Gasteiger partial charge in [-0.25, -0.2) is 14.6 Å². The van der Waals surface area contributed by atoms with Gasteiger partial charge in [0, 0.05) is 37.9 Å². The molecule has 10 nitrogen and oxygen atoms in total. The maximum absolute atomic E-state index is 12.5. The molecule has 0 fully saturated rings. The summed E-state index contributed by atoms with van der Waals surface area (Å²) in [6.07, 6.45) is 3.05. The lowest BCUT2D eigenvalue weighted by molar-refractivity contribution is 0.0588. The van der Waals surface area contributed by atoms with Crippen molar-refractivity contribution in [3.8, 4) is 5.75 Å². The predicted molar refractivity (Wildman–Crippen MR) is 102 cm³/mol. The zero-order valence-electron chi connectivity index (χ0n) is 15.3. The normalized spacial score (nSPS) is 10.5. The molecule has 0 aliphatic carbocycles. The van der Waals surface area contributed by atoms with Crippen molar-refractivity contribution in [2.45, 2.75) is 0 Å². The fourth-order valence-electron chi connectivity index (χ4n) is 2.48. The van der Waals surface area contributed by atoms with Crippen molar-refractivity contribution in [2.24, 2.45) is 14.1 Å². The third-order valence-corrected chi connectivity index (χ3v) is 4.49. The average Bonchev–Trinajstić information content (AvgIpc) is 3.33. The van der Waals surface area contributed by atoms with Gasteiger partial charge < -0.3 is 29.7 Å². The van der Waals surface area contributed by atoms with Crippen molar-refractivity contribution < 1.29 is 23.9 Å². The summed E-state index contributed by atoms with van der Waals surface area (Å²) in [6, 6.07) is 2.88. The molecule has 11 heteroatoms. The second-order valence-corrected chi connectivity index (χ2v) is 6.69. The maximum Gasteiger partial charge on any atom is 0.360 e. The number of hydrogen-bond donors (Lipinski definition) is 2. The first-order valence-corrected chi connectivity index (χ1v) is 8.82. The van der Waals surface area contributed by atoms with E-state index in [4.69, 9.17) is 10.5 Å². The average molecular weight is 403 g/mol. The van der Waals surface area contributed by atoms with Gasteiger partial charge in [-0.3, -0.25) is 4.79 Å². The molecule has 0 saturated heterocycles. The fourth-order valence-corrected chi connectivity index (χ4v) is 3.02. The lowest BCUT2D eigenvalue weighted by atomic mass is 10.3. The first-order chi connectivity index (χ1) is 13.3. The van der Waals surface area contributed by atoms with E-state index in [2.05, 4.69) is 15.0 Å². The number of amides is 1. The van der Waals surface area contributed by atoms with Crippen molar-refractivity contribution in [1.29, 1.82) is 0 Å². The van der Waals surface area contributed by atoms with Crippen molar-refractivity contribution in [2.75, 3.05) is 18.2 Å². The molecular formula is C17H17N5O5S. The second kappa shape index (κ2) is 7.56. The summed E-state index contributed by atoms with van der Waals surface area (Å²) in [5.74, 6) is -1.44. The number of carbonyl (C=O) groups excluding carboxylic acids is 3. The highest BCUT2D eigenvalue weighted by Crippen LogP contribution is 2.20. The Morgan fingerprint density at radius 2 is 1.79 bits per heavy atom. The minimum Gasteiger partial charge on any atom is -0.464 e. The van der Waals surface area contributed by atoms with E-state index in [9.17, 15) is 14.4 Å². The number of ether oxygens (including phenoxy) is 2. The van der Waals surface area contributed by atoms with E-state index >= 15 is 0 Å². The first kappa shape index (κ1) is 19.2. The van der Waals surface area contributed by atoms with E-state index in [1.807, 2.05) is 0 Å². The molecule has 0 spiro atoms. The molecule has 3 rings (SSSR count). The molecule has 0 saturated carbocycles. The smallest absolute Gasteiger partial charge is 0.360 e. The van der Waals surface area contributed by atoms with Gasteiger partial charge in [0.2, 0.25) is 0 Å². The Hall–Kier alpha value is -3.60. The minimum atomic E-state index is -0.650. The Bertz CT molecular complexity index is 1060. The highest BCUT2D eigenvalue weighted by Gasteiger charge is 2.19. The van der Waals surface area contributed by atoms with E-state index in [-0.39, 0.29) is 28.0 Å². The molecule has 0 atom stereocenters. The largest absolute Gasteiger partial charge is 0.464 e. The molecule has 0 aliphatic rings. The van der Waals surface area contributed by atoms with Crippen LogP contribution in [0.4, 0.5) is 10.8 Å². The van der Waals surface area contributed by atoms with Crippen LogP contribution >= 0.6 is 11.3 Å². The second-order valence-electron chi connectivity index (χ2n) is 5.80. The number of nitrogens with one attached hydrogen (secondary N) is 1. The molecule has 0 aliphatic heterocycles. The van der Waals surface area contributed by atoms with Crippen molar-refractivity contribution >= 4 is 40.0 Å². The summed E-state index contributed by atoms with van der Waals surface area (Å²) in [4.78, 5) is 40.2. The van der Waals surface area contributed by atoms with Crippen LogP contribution in [0.2, 0.25) is 0 Å². The summed E-state index contributed by atoms with van der Waals surface area (Å²) in [7, 11) is 4.53. The molecule has 28 heavy (non-hydrogen) atoms. The van der Waals surface area contributed by atoms with Crippen LogP contribution in [-0.2, 0) is 18.8 Å². The Labute approximate surface area is 163 Å². The number of esters is 2. The number of thiazole rings is 1. The van der Waals surface area contributed by atoms with E-state index in [1.54, 1.807) is 20.3 Å². The molecule has 146 valence electrons. The number of nitrogens with two attached hydrogens (primary N) is 1. The van der Waals surface area contributed by atoms with E-state index in [0.717, 1.165) is 11.3 Å². The third kappa shape index (κ3) is 3.88. The van der Waals surface area contributed by atoms with Crippen molar-refractivity contribution in [1.82, 2.24) is 14.1 Å². The molecule has 0 bridgehead atoms. The number of aryl methyl sites for hydroxylation is 2. The lowest BCUT2D eigenvalue weighted by Crippen LogP contribution is -2.12. The van der Waals surface area contributed by atoms with Gasteiger partial charge in [-0.05, 0) is 6.07 Å². The van der Waals surface area contributed by atoms with Crippen LogP contribution in [0.5, 0.6) is 5.75 Å². The first-order valence-electron chi connectivity index (χ1n) is 7.94. The number of nitrogens with zero attached hydrogens (tertiary/aromatic N) is 3. The van der Waals surface area contributed by atoms with Gasteiger partial charge in [-0.2, -0.15) is 0 Å². The number of nitrogen functional groups attached to an aromatic ring is 1. The molecular weight excluding hydrogens is 386 g/mol. The number of methoxy groups -OCH3 is 1. The number of anilines is 2. The summed E-state index contributed by atoms with van der Waals surface area (Å²) < 4.78 is 13.0. The highest BCUT2D eigenvalue weighted by molar-refractivity contribution is 7.13. The third-order valence-electron chi connectivity index (χ3n) is 3.81. The standard InChI is InChI=1S/C17H17N5O5S/c1-21-6-9(19-14(23)11-8-28-17(18)20-11)4-12(21)16(25)27-10-5-13(15(24)26-3)22(2)7-10/h4-8H,1-3H3,(H2,18,20)(H,19,23). The Balaban J connectivity index is 1.73. The molecule has 0 radical (unpaired) electrons. The highest BCUT2D eigenvalue weighted by atomic mass is 32.1. The van der Waals surface area contributed by atoms with Crippen LogP contribution in [0.25, 0.3) is 0 Å². The quantitative estimate of drug-likeness (QED) is 0.620. The van der Waals surface area contributed by atoms with Gasteiger partial charge >= 0.3 is 11.9 Å². The van der Waals surface area contributed by atoms with Crippen LogP contribution in [0.15, 0.2) is 29.9 Å². The Kier molecular flexibility index (Phi) is 5.18. The summed E-state index contributed by atoms with van der Waals surface area (Å²) in [5.41, 5.74) is 6.56. The molecule has 3 aromatic heterocycles. The summed E-state index contributed by atoms with van der Waals surface area (Å²) >= 11 is 1.16. The number of carbonyl (C=O) groups is 3. The Morgan fingerprint density at radius 1 is 1.11 bits per heavy atom. The molecule has 3 N–H and O–H groups in total. The van der Waals surface area contributed by atoms with Gasteiger partial charge in [0.1, 0.15) is 22.8 Å². The number of rotatable bonds is 5. The molecule has 1 amide bonds. The molecule has 0 aromatic carbocycles. The predicted octanol–water partition coefficient (Wildman–Crippen LogP) is 1.66. The zero-order valence-corrected chi connectivity index (χ0v) is 16.1. The SMILES string of the molecule is COC(=O)c1cc(OC(=O)c2cc(NC(=O)c3csc(N)n3)cn2C)cn1C. The van der Waals surface area contributed by atoms with Crippen LogP contribution < -0.4 is 15.8 Å². The van der Waals surface area contributed by atoms with E-state index < -0.39 is 17.8 Å². The number of aromatic nitrogens is 3. The maximum atomic E-state index is 12.5. The minimum absolute atomic E-state index is 0.190. The van der Waals surface area contributed by atoms with Gasteiger partial charge in [0.15, 0.2) is 5.13 Å². The van der Waals surface area contributed by atoms with Gasteiger partial charge in [0.25, 0.3) is 5.91 Å². The monoisotopic (exact) mass is 403 g/mol. The molecule has 3 aromatic rings. The topological polar surface area (TPSA) is 130 Å². The summed E-state index contributed by atoms with van der Waals surface area (Å²) in [6.45, 7) is 0. The molecule has 0 unspecified atom stereocenters. The van der Waals surface area contributed by atoms with Crippen LogP contribution in [0.1, 0.15) is 31.5 Å². The molecule has 3 heterocycles. The Morgan fingerprint density at radius 3 is 2.43 bits per heavy atom. The van der Waals surface area contributed by atoms with Gasteiger partial charge in [0.05, 0.1) is 12.8 Å². The van der Waals surface area contributed by atoms with Crippen LogP contribution in [-0.4, -0.2) is 39.1 Å². The fraction of sp³-hybridized carbons (Fsp3) is 0.176. The van der Waals surface area contributed by atoms with Gasteiger partial charge in [-0.1, -0.05) is 0 Å². The zero-order chi connectivity index (χ0) is 20.4. The van der Waals surface area contributed by atoms with Gasteiger partial charge in [-0.15, -0.1) is 11.3 Å². The van der Waals surface area contributed by atoms with Crippen LogP contribution in [0, 0.1) is 0 Å². The van der Waals surface area contributed by atoms with E-state index in [0.29, 0.717) is 5.69 Å². The summed E-state index contributed by atoms with van der Waals surface area (Å²) in [5, 5.41) is 4.47. The number of hydrogen-bond acceptors (Lipinski definition) is 8. The van der Waals surface area contributed by atoms with Crippen molar-refractivity contribution in [3.63, 3.8) is 0 Å². The van der Waals surface area contributed by atoms with Crippen LogP contribution in [0.3, 0.4) is 0 Å².